The Bertz CT molecular complexity index is 725. The molecule has 0 spiro atoms. The molecule has 0 fully saturated rings. The summed E-state index contributed by atoms with van der Waals surface area (Å²) in [5.74, 6) is -3.10. The smallest absolute Gasteiger partial charge is 0.326 e. The first-order chi connectivity index (χ1) is 14.1. The highest BCUT2D eigenvalue weighted by atomic mass is 16.4. The number of hydrogen-bond acceptors (Lipinski definition) is 6. The van der Waals surface area contributed by atoms with Crippen molar-refractivity contribution >= 4 is 23.7 Å². The molecule has 0 saturated heterocycles. The summed E-state index contributed by atoms with van der Waals surface area (Å²) < 4.78 is 0. The Balaban J connectivity index is 2.74. The largest absolute Gasteiger partial charge is 0.480 e. The van der Waals surface area contributed by atoms with Gasteiger partial charge in [-0.05, 0) is 17.9 Å². The number of nitrogens with two attached hydrogens (primary N) is 1. The zero-order valence-corrected chi connectivity index (χ0v) is 17.1. The van der Waals surface area contributed by atoms with E-state index in [1.807, 2.05) is 13.8 Å². The first kappa shape index (κ1) is 25.1. The first-order valence-corrected chi connectivity index (χ1v) is 9.64. The molecule has 7 N–H and O–H groups in total. The van der Waals surface area contributed by atoms with Crippen molar-refractivity contribution in [2.75, 3.05) is 13.2 Å². The van der Waals surface area contributed by atoms with Crippen molar-refractivity contribution in [3.63, 3.8) is 0 Å². The molecule has 0 radical (unpaired) electrons. The van der Waals surface area contributed by atoms with Gasteiger partial charge in [0.1, 0.15) is 18.1 Å². The van der Waals surface area contributed by atoms with Gasteiger partial charge in [-0.3, -0.25) is 14.4 Å². The van der Waals surface area contributed by atoms with E-state index in [1.165, 1.54) is 0 Å². The maximum Gasteiger partial charge on any atom is 0.326 e. The van der Waals surface area contributed by atoms with Crippen LogP contribution in [0.15, 0.2) is 30.3 Å². The number of benzene rings is 1. The molecule has 1 aromatic carbocycles. The van der Waals surface area contributed by atoms with Gasteiger partial charge in [-0.15, -0.1) is 0 Å². The molecule has 3 atom stereocenters. The predicted octanol–water partition coefficient (Wildman–Crippen LogP) is -1.23. The van der Waals surface area contributed by atoms with Gasteiger partial charge in [-0.25, -0.2) is 4.79 Å². The lowest BCUT2D eigenvalue weighted by atomic mass is 10.0. The summed E-state index contributed by atoms with van der Waals surface area (Å²) >= 11 is 0. The molecule has 10 heteroatoms. The van der Waals surface area contributed by atoms with Gasteiger partial charge in [-0.2, -0.15) is 0 Å². The predicted molar refractivity (Wildman–Crippen MR) is 109 cm³/mol. The van der Waals surface area contributed by atoms with E-state index in [0.717, 1.165) is 5.56 Å². The normalized spacial score (nSPS) is 13.8. The van der Waals surface area contributed by atoms with Crippen molar-refractivity contribution in [1.82, 2.24) is 16.0 Å². The lowest BCUT2D eigenvalue weighted by Crippen LogP contribution is -2.54. The van der Waals surface area contributed by atoms with Gasteiger partial charge >= 0.3 is 5.97 Å². The summed E-state index contributed by atoms with van der Waals surface area (Å²) in [7, 11) is 0. The van der Waals surface area contributed by atoms with E-state index in [-0.39, 0.29) is 18.8 Å². The van der Waals surface area contributed by atoms with Gasteiger partial charge in [0.15, 0.2) is 0 Å². The number of aliphatic carboxylic acids is 1. The number of carboxylic acid groups (broad SMARTS) is 1. The molecule has 3 amide bonds. The van der Waals surface area contributed by atoms with Crippen LogP contribution in [0.2, 0.25) is 0 Å². The van der Waals surface area contributed by atoms with E-state index >= 15 is 0 Å². The van der Waals surface area contributed by atoms with Gasteiger partial charge in [0, 0.05) is 6.42 Å². The molecule has 30 heavy (non-hydrogen) atoms. The van der Waals surface area contributed by atoms with Gasteiger partial charge in [0.25, 0.3) is 0 Å². The average molecular weight is 422 g/mol. The van der Waals surface area contributed by atoms with Crippen LogP contribution < -0.4 is 21.7 Å². The van der Waals surface area contributed by atoms with E-state index in [9.17, 15) is 24.3 Å². The third kappa shape index (κ3) is 9.01. The number of carbonyl (C=O) groups is 4. The molecule has 166 valence electrons. The van der Waals surface area contributed by atoms with Crippen LogP contribution in [-0.2, 0) is 25.6 Å². The average Bonchev–Trinajstić information content (AvgIpc) is 2.70. The minimum absolute atomic E-state index is 0.0576. The highest BCUT2D eigenvalue weighted by molar-refractivity contribution is 5.92. The zero-order chi connectivity index (χ0) is 22.7. The van der Waals surface area contributed by atoms with Crippen molar-refractivity contribution < 1.29 is 29.4 Å². The Labute approximate surface area is 175 Å². The molecule has 0 aliphatic carbocycles. The Hall–Kier alpha value is -2.98. The number of hydrogen-bond donors (Lipinski definition) is 6. The minimum atomic E-state index is -1.19. The summed E-state index contributed by atoms with van der Waals surface area (Å²) in [6.07, 6.45) is 0.393. The second-order valence-corrected chi connectivity index (χ2v) is 7.35. The van der Waals surface area contributed by atoms with E-state index < -0.39 is 55.0 Å². The fourth-order valence-corrected chi connectivity index (χ4v) is 2.65. The van der Waals surface area contributed by atoms with Gasteiger partial charge in [-0.1, -0.05) is 44.2 Å². The van der Waals surface area contributed by atoms with E-state index in [1.54, 1.807) is 30.3 Å². The summed E-state index contributed by atoms with van der Waals surface area (Å²) in [5, 5.41) is 25.4. The van der Waals surface area contributed by atoms with E-state index in [4.69, 9.17) is 10.8 Å². The zero-order valence-electron chi connectivity index (χ0n) is 17.1. The molecular formula is C20H30N4O6. The van der Waals surface area contributed by atoms with Crippen LogP contribution in [0.25, 0.3) is 0 Å². The van der Waals surface area contributed by atoms with Crippen LogP contribution in [0.5, 0.6) is 0 Å². The minimum Gasteiger partial charge on any atom is -0.480 e. The molecule has 3 unspecified atom stereocenters. The summed E-state index contributed by atoms with van der Waals surface area (Å²) in [6.45, 7) is 2.63. The van der Waals surface area contributed by atoms with Crippen LogP contribution in [0.1, 0.15) is 25.8 Å². The quantitative estimate of drug-likeness (QED) is 0.245. The first-order valence-electron chi connectivity index (χ1n) is 9.64. The summed E-state index contributed by atoms with van der Waals surface area (Å²) in [6, 6.07) is 5.63. The number of aliphatic hydroxyl groups is 1. The van der Waals surface area contributed by atoms with Gasteiger partial charge in [0.2, 0.25) is 17.7 Å². The lowest BCUT2D eigenvalue weighted by Gasteiger charge is -2.21. The summed E-state index contributed by atoms with van der Waals surface area (Å²) in [5.41, 5.74) is 6.26. The summed E-state index contributed by atoms with van der Waals surface area (Å²) in [4.78, 5) is 47.9. The maximum absolute atomic E-state index is 12.6. The van der Waals surface area contributed by atoms with Gasteiger partial charge < -0.3 is 31.9 Å². The fourth-order valence-electron chi connectivity index (χ4n) is 2.65. The fraction of sp³-hybridized carbons (Fsp3) is 0.500. The van der Waals surface area contributed by atoms with Crippen LogP contribution >= 0.6 is 0 Å². The van der Waals surface area contributed by atoms with Crippen molar-refractivity contribution in [2.24, 2.45) is 11.7 Å². The van der Waals surface area contributed by atoms with Crippen LogP contribution in [0.4, 0.5) is 0 Å². The SMILES string of the molecule is CC(C)CC(NC(=O)CNC(=O)C(Cc1ccccc1)NC(=O)C(N)CO)C(=O)O. The van der Waals surface area contributed by atoms with E-state index in [0.29, 0.717) is 0 Å². The Morgan fingerprint density at radius 2 is 1.63 bits per heavy atom. The third-order valence-electron chi connectivity index (χ3n) is 4.21. The molecule has 0 bridgehead atoms. The Morgan fingerprint density at radius 1 is 1.00 bits per heavy atom. The highest BCUT2D eigenvalue weighted by Crippen LogP contribution is 2.05. The van der Waals surface area contributed by atoms with Crippen LogP contribution in [0.3, 0.4) is 0 Å². The van der Waals surface area contributed by atoms with Crippen LogP contribution in [-0.4, -0.2) is 65.2 Å². The standard InChI is InChI=1S/C20H30N4O6/c1-12(2)8-16(20(29)30)23-17(26)10-22-19(28)15(24-18(27)14(21)11-25)9-13-6-4-3-5-7-13/h3-7,12,14-16,25H,8-11,21H2,1-2H3,(H,22,28)(H,23,26)(H,24,27)(H,29,30). The van der Waals surface area contributed by atoms with Crippen molar-refractivity contribution in [1.29, 1.82) is 0 Å². The second-order valence-electron chi connectivity index (χ2n) is 7.35. The number of nitrogens with one attached hydrogen (secondary N) is 3. The van der Waals surface area contributed by atoms with Crippen molar-refractivity contribution in [3.05, 3.63) is 35.9 Å². The number of amides is 3. The molecule has 0 saturated carbocycles. The number of aliphatic hydroxyl groups excluding tert-OH is 1. The Kier molecular flexibility index (Phi) is 10.5. The molecule has 10 nitrogen and oxygen atoms in total. The van der Waals surface area contributed by atoms with Crippen LogP contribution in [0, 0.1) is 5.92 Å². The molecule has 0 aliphatic heterocycles. The monoisotopic (exact) mass is 422 g/mol. The van der Waals surface area contributed by atoms with Gasteiger partial charge in [0.05, 0.1) is 13.2 Å². The second kappa shape index (κ2) is 12.6. The molecule has 0 aliphatic rings. The third-order valence-corrected chi connectivity index (χ3v) is 4.21. The lowest BCUT2D eigenvalue weighted by molar-refractivity contribution is -0.142. The number of rotatable bonds is 12. The molecule has 0 heterocycles. The van der Waals surface area contributed by atoms with Crippen molar-refractivity contribution in [2.45, 2.75) is 44.8 Å². The molecule has 1 aromatic rings. The topological polar surface area (TPSA) is 171 Å². The Morgan fingerprint density at radius 3 is 2.17 bits per heavy atom. The molecular weight excluding hydrogens is 392 g/mol. The molecule has 0 aromatic heterocycles. The van der Waals surface area contributed by atoms with Crippen molar-refractivity contribution in [3.8, 4) is 0 Å². The number of carboxylic acids is 1. The molecule has 1 rings (SSSR count). The maximum atomic E-state index is 12.6. The van der Waals surface area contributed by atoms with E-state index in [2.05, 4.69) is 16.0 Å². The highest BCUT2D eigenvalue weighted by Gasteiger charge is 2.25. The number of carbonyl (C=O) groups excluding carboxylic acids is 3.